The molecule has 0 atom stereocenters. The van der Waals surface area contributed by atoms with Gasteiger partial charge in [-0.25, -0.2) is 0 Å². The summed E-state index contributed by atoms with van der Waals surface area (Å²) in [4.78, 5) is 10.4. The molecule has 0 fully saturated rings. The van der Waals surface area contributed by atoms with E-state index in [1.807, 2.05) is 54.6 Å². The van der Waals surface area contributed by atoms with Crippen molar-refractivity contribution >= 4 is 5.97 Å². The van der Waals surface area contributed by atoms with Gasteiger partial charge in [-0.3, -0.25) is 4.79 Å². The second-order valence-electron chi connectivity index (χ2n) is 4.74. The fraction of sp³-hybridized carbons (Fsp3) is 0.235. The molecule has 0 unspecified atom stereocenters. The van der Waals surface area contributed by atoms with E-state index < -0.39 is 5.97 Å². The lowest BCUT2D eigenvalue weighted by molar-refractivity contribution is -0.136. The number of carbonyl (C=O) groups is 1. The molecular formula is C17H19NO3. The molecule has 0 saturated carbocycles. The minimum absolute atomic E-state index is 0.137. The molecule has 0 aliphatic rings. The highest BCUT2D eigenvalue weighted by Gasteiger charge is 1.98. The summed E-state index contributed by atoms with van der Waals surface area (Å²) < 4.78 is 5.71. The molecule has 0 aliphatic carbocycles. The fourth-order valence-electron chi connectivity index (χ4n) is 1.87. The Hall–Kier alpha value is -2.33. The van der Waals surface area contributed by atoms with E-state index in [0.717, 1.165) is 16.9 Å². The molecular weight excluding hydrogens is 266 g/mol. The standard InChI is InChI=1S/C17H19NO3/c19-17(20)10-11-18-12-14-6-8-16(9-7-14)21-13-15-4-2-1-3-5-15/h1-9,18H,10-13H2,(H,19,20). The van der Waals surface area contributed by atoms with Gasteiger partial charge in [0.2, 0.25) is 0 Å². The van der Waals surface area contributed by atoms with E-state index in [9.17, 15) is 4.79 Å². The number of carboxylic acids is 1. The van der Waals surface area contributed by atoms with Gasteiger partial charge in [0.1, 0.15) is 12.4 Å². The van der Waals surface area contributed by atoms with Crippen LogP contribution in [0, 0.1) is 0 Å². The summed E-state index contributed by atoms with van der Waals surface area (Å²) in [6, 6.07) is 17.8. The Kier molecular flexibility index (Phi) is 5.79. The minimum atomic E-state index is -0.785. The average molecular weight is 285 g/mol. The zero-order chi connectivity index (χ0) is 14.9. The molecule has 0 amide bonds. The summed E-state index contributed by atoms with van der Waals surface area (Å²) in [6.07, 6.45) is 0.137. The molecule has 2 N–H and O–H groups in total. The topological polar surface area (TPSA) is 58.6 Å². The van der Waals surface area contributed by atoms with Crippen LogP contribution in [-0.2, 0) is 17.9 Å². The average Bonchev–Trinajstić information content (AvgIpc) is 2.51. The quantitative estimate of drug-likeness (QED) is 0.732. The molecule has 110 valence electrons. The molecule has 0 radical (unpaired) electrons. The second-order valence-corrected chi connectivity index (χ2v) is 4.74. The molecule has 2 aromatic rings. The molecule has 2 rings (SSSR count). The van der Waals surface area contributed by atoms with Crippen LogP contribution >= 0.6 is 0 Å². The molecule has 0 saturated heterocycles. The van der Waals surface area contributed by atoms with Crippen LogP contribution in [0.15, 0.2) is 54.6 Å². The van der Waals surface area contributed by atoms with Crippen molar-refractivity contribution in [1.82, 2.24) is 5.32 Å². The van der Waals surface area contributed by atoms with Gasteiger partial charge in [-0.2, -0.15) is 0 Å². The Balaban J connectivity index is 1.75. The number of aliphatic carboxylic acids is 1. The van der Waals surface area contributed by atoms with Gasteiger partial charge in [0.05, 0.1) is 6.42 Å². The monoisotopic (exact) mass is 285 g/mol. The van der Waals surface area contributed by atoms with Gasteiger partial charge in [-0.15, -0.1) is 0 Å². The first-order chi connectivity index (χ1) is 10.2. The molecule has 4 heteroatoms. The zero-order valence-electron chi connectivity index (χ0n) is 11.8. The van der Waals surface area contributed by atoms with E-state index in [1.54, 1.807) is 0 Å². The van der Waals surface area contributed by atoms with Gasteiger partial charge in [0.15, 0.2) is 0 Å². The minimum Gasteiger partial charge on any atom is -0.489 e. The highest BCUT2D eigenvalue weighted by Crippen LogP contribution is 2.14. The Bertz CT molecular complexity index is 552. The summed E-state index contributed by atoms with van der Waals surface area (Å²) in [7, 11) is 0. The number of benzene rings is 2. The van der Waals surface area contributed by atoms with E-state index in [2.05, 4.69) is 5.32 Å². The molecule has 0 bridgehead atoms. The Morgan fingerprint density at radius 2 is 1.71 bits per heavy atom. The molecule has 0 heterocycles. The lowest BCUT2D eigenvalue weighted by Crippen LogP contribution is -2.17. The smallest absolute Gasteiger partial charge is 0.304 e. The Labute approximate surface area is 124 Å². The predicted octanol–water partition coefficient (Wildman–Crippen LogP) is 2.83. The summed E-state index contributed by atoms with van der Waals surface area (Å²) in [5, 5.41) is 11.6. The van der Waals surface area contributed by atoms with Crippen molar-refractivity contribution in [3.8, 4) is 5.75 Å². The second kappa shape index (κ2) is 8.07. The van der Waals surface area contributed by atoms with Gasteiger partial charge in [-0.05, 0) is 23.3 Å². The largest absolute Gasteiger partial charge is 0.489 e. The highest BCUT2D eigenvalue weighted by atomic mass is 16.5. The summed E-state index contributed by atoms with van der Waals surface area (Å²) >= 11 is 0. The van der Waals surface area contributed by atoms with Crippen molar-refractivity contribution in [3.63, 3.8) is 0 Å². The lowest BCUT2D eigenvalue weighted by atomic mass is 10.2. The van der Waals surface area contributed by atoms with Crippen LogP contribution in [0.2, 0.25) is 0 Å². The van der Waals surface area contributed by atoms with Crippen molar-refractivity contribution in [2.45, 2.75) is 19.6 Å². The third-order valence-electron chi connectivity index (χ3n) is 3.02. The lowest BCUT2D eigenvalue weighted by Gasteiger charge is -2.08. The Morgan fingerprint density at radius 1 is 1.00 bits per heavy atom. The summed E-state index contributed by atoms with van der Waals surface area (Å²) in [5.74, 6) is 0.0419. The van der Waals surface area contributed by atoms with Crippen molar-refractivity contribution in [2.75, 3.05) is 6.54 Å². The van der Waals surface area contributed by atoms with Crippen molar-refractivity contribution in [3.05, 3.63) is 65.7 Å². The third kappa shape index (κ3) is 5.67. The Morgan fingerprint density at radius 3 is 2.38 bits per heavy atom. The van der Waals surface area contributed by atoms with Crippen LogP contribution in [-0.4, -0.2) is 17.6 Å². The van der Waals surface area contributed by atoms with Crippen molar-refractivity contribution in [1.29, 1.82) is 0 Å². The van der Waals surface area contributed by atoms with Gasteiger partial charge in [-0.1, -0.05) is 42.5 Å². The van der Waals surface area contributed by atoms with E-state index in [-0.39, 0.29) is 6.42 Å². The molecule has 21 heavy (non-hydrogen) atoms. The normalized spacial score (nSPS) is 10.3. The van der Waals surface area contributed by atoms with Crippen LogP contribution < -0.4 is 10.1 Å². The van der Waals surface area contributed by atoms with Crippen molar-refractivity contribution in [2.24, 2.45) is 0 Å². The number of hydrogen-bond acceptors (Lipinski definition) is 3. The van der Waals surface area contributed by atoms with Gasteiger partial charge in [0, 0.05) is 13.1 Å². The van der Waals surface area contributed by atoms with Crippen LogP contribution in [0.25, 0.3) is 0 Å². The molecule has 0 aromatic heterocycles. The first kappa shape index (κ1) is 15.1. The molecule has 0 spiro atoms. The van der Waals surface area contributed by atoms with Crippen LogP contribution in [0.4, 0.5) is 0 Å². The number of carboxylic acid groups (broad SMARTS) is 1. The van der Waals surface area contributed by atoms with Crippen LogP contribution in [0.1, 0.15) is 17.5 Å². The number of nitrogens with one attached hydrogen (secondary N) is 1. The SMILES string of the molecule is O=C(O)CCNCc1ccc(OCc2ccccc2)cc1. The fourth-order valence-corrected chi connectivity index (χ4v) is 1.87. The van der Waals surface area contributed by atoms with Crippen LogP contribution in [0.5, 0.6) is 5.75 Å². The van der Waals surface area contributed by atoms with E-state index in [4.69, 9.17) is 9.84 Å². The first-order valence-corrected chi connectivity index (χ1v) is 6.92. The van der Waals surface area contributed by atoms with Gasteiger partial charge < -0.3 is 15.2 Å². The van der Waals surface area contributed by atoms with E-state index >= 15 is 0 Å². The number of ether oxygens (including phenoxy) is 1. The van der Waals surface area contributed by atoms with Crippen molar-refractivity contribution < 1.29 is 14.6 Å². The van der Waals surface area contributed by atoms with Crippen LogP contribution in [0.3, 0.4) is 0 Å². The van der Waals surface area contributed by atoms with E-state index in [0.29, 0.717) is 19.7 Å². The third-order valence-corrected chi connectivity index (χ3v) is 3.02. The highest BCUT2D eigenvalue weighted by molar-refractivity contribution is 5.66. The summed E-state index contributed by atoms with van der Waals surface area (Å²) in [5.41, 5.74) is 2.24. The predicted molar refractivity (Wildman–Crippen MR) is 81.2 cm³/mol. The maximum absolute atomic E-state index is 10.4. The maximum atomic E-state index is 10.4. The molecule has 2 aromatic carbocycles. The van der Waals surface area contributed by atoms with Gasteiger partial charge in [0.25, 0.3) is 0 Å². The maximum Gasteiger partial charge on any atom is 0.304 e. The zero-order valence-corrected chi connectivity index (χ0v) is 11.8. The van der Waals surface area contributed by atoms with Gasteiger partial charge >= 0.3 is 5.97 Å². The molecule has 4 nitrogen and oxygen atoms in total. The number of hydrogen-bond donors (Lipinski definition) is 2. The molecule has 0 aliphatic heterocycles. The van der Waals surface area contributed by atoms with E-state index in [1.165, 1.54) is 0 Å². The first-order valence-electron chi connectivity index (χ1n) is 6.92. The summed E-state index contributed by atoms with van der Waals surface area (Å²) in [6.45, 7) is 1.69. The number of rotatable bonds is 8.